The summed E-state index contributed by atoms with van der Waals surface area (Å²) in [7, 11) is 0. The molecule has 2 atom stereocenters. The molecule has 2 saturated heterocycles. The molecule has 4 aliphatic rings. The average molecular weight is 439 g/mol. The molecule has 3 aliphatic heterocycles. The monoisotopic (exact) mass is 438 g/mol. The molecule has 32 heavy (non-hydrogen) atoms. The Morgan fingerprint density at radius 3 is 2.50 bits per heavy atom. The van der Waals surface area contributed by atoms with E-state index in [9.17, 15) is 19.2 Å². The second-order valence-electron chi connectivity index (χ2n) is 9.77. The summed E-state index contributed by atoms with van der Waals surface area (Å²) in [6, 6.07) is 4.54. The first-order valence-corrected chi connectivity index (χ1v) is 11.7. The molecule has 0 bridgehead atoms. The predicted octanol–water partition coefficient (Wildman–Crippen LogP) is 1.71. The molecular formula is C24H30N4O4. The lowest BCUT2D eigenvalue weighted by atomic mass is 9.86. The Labute approximate surface area is 187 Å². The fraction of sp³-hybridized carbons (Fsp3) is 0.583. The minimum Gasteiger partial charge on any atom is -0.326 e. The van der Waals surface area contributed by atoms with Gasteiger partial charge in [-0.25, -0.2) is 0 Å². The average Bonchev–Trinajstić information content (AvgIpc) is 3.06. The van der Waals surface area contributed by atoms with Crippen LogP contribution < -0.4 is 11.1 Å². The molecule has 4 amide bonds. The number of piperidine rings is 1. The third-order valence-corrected chi connectivity index (χ3v) is 7.72. The van der Waals surface area contributed by atoms with Crippen LogP contribution in [0.3, 0.4) is 0 Å². The van der Waals surface area contributed by atoms with Crippen LogP contribution >= 0.6 is 0 Å². The molecule has 5 rings (SSSR count). The van der Waals surface area contributed by atoms with Gasteiger partial charge in [0, 0.05) is 31.1 Å². The molecule has 8 heteroatoms. The smallest absolute Gasteiger partial charge is 0.262 e. The topological polar surface area (TPSA) is 113 Å². The van der Waals surface area contributed by atoms with Crippen LogP contribution in [-0.2, 0) is 16.1 Å². The number of hydrogen-bond donors (Lipinski definition) is 2. The van der Waals surface area contributed by atoms with Crippen LogP contribution in [0.1, 0.15) is 84.1 Å². The summed E-state index contributed by atoms with van der Waals surface area (Å²) in [5.74, 6) is -1.85. The number of rotatable bonds is 3. The van der Waals surface area contributed by atoms with Gasteiger partial charge in [0.2, 0.25) is 11.8 Å². The number of hydrogen-bond acceptors (Lipinski definition) is 6. The van der Waals surface area contributed by atoms with Crippen LogP contribution in [0.25, 0.3) is 0 Å². The highest BCUT2D eigenvalue weighted by Crippen LogP contribution is 2.42. The molecule has 0 aromatic heterocycles. The highest BCUT2D eigenvalue weighted by atomic mass is 16.2. The van der Waals surface area contributed by atoms with E-state index in [0.29, 0.717) is 17.7 Å². The van der Waals surface area contributed by atoms with E-state index in [1.807, 2.05) is 12.1 Å². The normalized spacial score (nSPS) is 28.2. The van der Waals surface area contributed by atoms with Crippen LogP contribution in [0.2, 0.25) is 0 Å². The standard InChI is InChI=1S/C24H30N4O4/c25-16-12-24(10-3-1-2-4-11-24)27(14-16)13-15-6-5-7-17-20(15)23(32)28(22(17)31)18-8-9-19(29)26-21(18)30/h5-7,16,18H,1-4,8-14,25H2,(H,26,29,30). The summed E-state index contributed by atoms with van der Waals surface area (Å²) < 4.78 is 0. The molecule has 8 nitrogen and oxygen atoms in total. The van der Waals surface area contributed by atoms with Crippen molar-refractivity contribution in [3.63, 3.8) is 0 Å². The van der Waals surface area contributed by atoms with E-state index < -0.39 is 23.8 Å². The van der Waals surface area contributed by atoms with Crippen molar-refractivity contribution in [2.24, 2.45) is 5.73 Å². The van der Waals surface area contributed by atoms with Gasteiger partial charge in [0.05, 0.1) is 11.1 Å². The summed E-state index contributed by atoms with van der Waals surface area (Å²) in [5, 5.41) is 2.25. The van der Waals surface area contributed by atoms with Crippen molar-refractivity contribution in [1.29, 1.82) is 0 Å². The fourth-order valence-corrected chi connectivity index (χ4v) is 6.22. The van der Waals surface area contributed by atoms with Crippen molar-refractivity contribution < 1.29 is 19.2 Å². The van der Waals surface area contributed by atoms with Crippen molar-refractivity contribution in [2.75, 3.05) is 6.54 Å². The summed E-state index contributed by atoms with van der Waals surface area (Å²) in [6.07, 6.45) is 8.36. The van der Waals surface area contributed by atoms with E-state index >= 15 is 0 Å². The van der Waals surface area contributed by atoms with E-state index in [-0.39, 0.29) is 30.3 Å². The Bertz CT molecular complexity index is 982. The Balaban J connectivity index is 1.44. The molecule has 0 radical (unpaired) electrons. The lowest BCUT2D eigenvalue weighted by molar-refractivity contribution is -0.136. The third kappa shape index (κ3) is 3.46. The van der Waals surface area contributed by atoms with Crippen molar-refractivity contribution in [1.82, 2.24) is 15.1 Å². The second kappa shape index (κ2) is 8.08. The number of nitrogens with two attached hydrogens (primary N) is 1. The zero-order valence-electron chi connectivity index (χ0n) is 18.3. The number of nitrogens with zero attached hydrogens (tertiary/aromatic N) is 2. The number of fused-ring (bicyclic) bond motifs is 1. The van der Waals surface area contributed by atoms with Gasteiger partial charge in [0.15, 0.2) is 0 Å². The molecule has 3 heterocycles. The summed E-state index contributed by atoms with van der Waals surface area (Å²) in [4.78, 5) is 53.9. The quantitative estimate of drug-likeness (QED) is 0.695. The van der Waals surface area contributed by atoms with Crippen molar-refractivity contribution in [3.05, 3.63) is 34.9 Å². The molecule has 170 valence electrons. The van der Waals surface area contributed by atoms with E-state index in [1.165, 1.54) is 25.7 Å². The Kier molecular flexibility index (Phi) is 5.37. The van der Waals surface area contributed by atoms with Gasteiger partial charge in [-0.15, -0.1) is 0 Å². The molecule has 2 unspecified atom stereocenters. The maximum Gasteiger partial charge on any atom is 0.262 e. The summed E-state index contributed by atoms with van der Waals surface area (Å²) >= 11 is 0. The maximum absolute atomic E-state index is 13.4. The van der Waals surface area contributed by atoms with Gasteiger partial charge in [0.25, 0.3) is 11.8 Å². The van der Waals surface area contributed by atoms with Crippen LogP contribution in [0.5, 0.6) is 0 Å². The largest absolute Gasteiger partial charge is 0.326 e. The first kappa shape index (κ1) is 21.3. The van der Waals surface area contributed by atoms with Gasteiger partial charge in [-0.05, 0) is 37.3 Å². The van der Waals surface area contributed by atoms with Crippen LogP contribution in [0.4, 0.5) is 0 Å². The third-order valence-electron chi connectivity index (χ3n) is 7.72. The van der Waals surface area contributed by atoms with Crippen LogP contribution in [0, 0.1) is 0 Å². The highest BCUT2D eigenvalue weighted by Gasteiger charge is 2.47. The van der Waals surface area contributed by atoms with Crippen molar-refractivity contribution >= 4 is 23.6 Å². The second-order valence-corrected chi connectivity index (χ2v) is 9.77. The van der Waals surface area contributed by atoms with Gasteiger partial charge in [-0.3, -0.25) is 34.3 Å². The van der Waals surface area contributed by atoms with Gasteiger partial charge in [-0.1, -0.05) is 37.8 Å². The number of carbonyl (C=O) groups is 4. The first-order valence-electron chi connectivity index (χ1n) is 11.7. The zero-order chi connectivity index (χ0) is 22.5. The number of carbonyl (C=O) groups excluding carboxylic acids is 4. The molecule has 1 aromatic rings. The summed E-state index contributed by atoms with van der Waals surface area (Å²) in [6.45, 7) is 1.35. The predicted molar refractivity (Wildman–Crippen MR) is 117 cm³/mol. The molecule has 1 saturated carbocycles. The highest BCUT2D eigenvalue weighted by molar-refractivity contribution is 6.24. The number of nitrogens with one attached hydrogen (secondary N) is 1. The number of amides is 4. The van der Waals surface area contributed by atoms with Crippen LogP contribution in [0.15, 0.2) is 18.2 Å². The van der Waals surface area contributed by atoms with Crippen LogP contribution in [-0.4, -0.2) is 57.6 Å². The van der Waals surface area contributed by atoms with E-state index in [2.05, 4.69) is 10.2 Å². The molecule has 1 spiro atoms. The first-order chi connectivity index (χ1) is 15.4. The Morgan fingerprint density at radius 2 is 1.78 bits per heavy atom. The number of likely N-dealkylation sites (tertiary alicyclic amines) is 1. The van der Waals surface area contributed by atoms with Crippen molar-refractivity contribution in [3.8, 4) is 0 Å². The summed E-state index contributed by atoms with van der Waals surface area (Å²) in [5.41, 5.74) is 8.02. The van der Waals surface area contributed by atoms with Gasteiger partial charge < -0.3 is 5.73 Å². The minimum absolute atomic E-state index is 0.0631. The Hall–Kier alpha value is -2.58. The lowest BCUT2D eigenvalue weighted by Crippen LogP contribution is -2.54. The van der Waals surface area contributed by atoms with Gasteiger partial charge >= 0.3 is 0 Å². The Morgan fingerprint density at radius 1 is 1.03 bits per heavy atom. The van der Waals surface area contributed by atoms with Gasteiger partial charge in [-0.2, -0.15) is 0 Å². The lowest BCUT2D eigenvalue weighted by Gasteiger charge is -2.38. The van der Waals surface area contributed by atoms with E-state index in [1.54, 1.807) is 6.07 Å². The number of benzene rings is 1. The molecular weight excluding hydrogens is 408 g/mol. The fourth-order valence-electron chi connectivity index (χ4n) is 6.22. The molecule has 1 aliphatic carbocycles. The molecule has 3 fully saturated rings. The number of imide groups is 2. The van der Waals surface area contributed by atoms with E-state index in [0.717, 1.165) is 36.3 Å². The van der Waals surface area contributed by atoms with Gasteiger partial charge in [0.1, 0.15) is 6.04 Å². The van der Waals surface area contributed by atoms with E-state index in [4.69, 9.17) is 5.73 Å². The maximum atomic E-state index is 13.4. The molecule has 3 N–H and O–H groups in total. The SMILES string of the molecule is NC1CN(Cc2cccc3c2C(=O)N(C2CCC(=O)NC2=O)C3=O)C2(CCCCCC2)C1. The minimum atomic E-state index is -0.943. The zero-order valence-corrected chi connectivity index (χ0v) is 18.3. The molecule has 1 aromatic carbocycles. The van der Waals surface area contributed by atoms with Crippen molar-refractivity contribution in [2.45, 2.75) is 82.0 Å².